The van der Waals surface area contributed by atoms with Crippen molar-refractivity contribution >= 4 is 124 Å². The molecule has 27 N–H and O–H groups in total. The first-order chi connectivity index (χ1) is 69.0. The Morgan fingerprint density at radius 3 is 1.01 bits per heavy atom. The highest BCUT2D eigenvalue weighted by atomic mass is 16.4. The molecule has 0 aliphatic carbocycles. The number of carboxylic acids is 2. The molecule has 0 unspecified atom stereocenters. The SMILES string of the molecule is CC(C)[C@H](N)C(=O)N[C@@H](Cc1ccccc1)C(=O)N[C@@H](CO)C(=O)NCC(=O)N[C@H](C(=O)N[C@@H](Cc1ccc(O)cc1)C(=O)N[C@@H](Cc1ccc(O)cc1)C(=O)N[C@@H](C)C(=O)N[C@@H](CCC(=O)O)C(=O)N[C@@H](Cc1ccccc1)C(=O)N[C@H](C(=O)N[C@@H](Cc1ccccc1)C(=O)N[C@@H](C)C(=O)N[C@@H](C)C(=O)N[C@@H](CO)C(=O)N[C@@H](C)C(=O)NCC(=O)NCC(=O)N[C@H](C(=O)N1CCC[C@H]1C(=O)O)[C@@H](C)O)C(C)C)C(C)C. The molecule has 0 aromatic heterocycles. The number of carbonyl (C=O) groups excluding carboxylic acids is 19. The monoisotopic (exact) mass is 2040 g/mol. The van der Waals surface area contributed by atoms with Crippen LogP contribution >= 0.6 is 0 Å². The van der Waals surface area contributed by atoms with Crippen LogP contribution in [0.2, 0.25) is 0 Å². The Kier molecular flexibility index (Phi) is 48.0. The minimum absolute atomic E-state index is 0.0432. The fourth-order valence-electron chi connectivity index (χ4n) is 14.8. The van der Waals surface area contributed by atoms with Gasteiger partial charge in [-0.2, -0.15) is 0 Å². The first-order valence-electron chi connectivity index (χ1n) is 47.4. The normalized spacial score (nSPS) is 15.7. The molecule has 5 aromatic carbocycles. The number of aliphatic hydroxyl groups excluding tert-OH is 3. The van der Waals surface area contributed by atoms with E-state index < -0.39 is 291 Å². The second-order valence-corrected chi connectivity index (χ2v) is 36.3. The van der Waals surface area contributed by atoms with E-state index in [2.05, 4.69) is 95.7 Å². The number of aromatic hydroxyl groups is 2. The number of amides is 19. The molecule has 1 heterocycles. The van der Waals surface area contributed by atoms with Crippen molar-refractivity contribution in [1.82, 2.24) is 101 Å². The van der Waals surface area contributed by atoms with Crippen molar-refractivity contribution in [1.29, 1.82) is 0 Å². The van der Waals surface area contributed by atoms with Crippen LogP contribution in [0.4, 0.5) is 0 Å². The van der Waals surface area contributed by atoms with Crippen molar-refractivity contribution < 1.29 is 136 Å². The van der Waals surface area contributed by atoms with Gasteiger partial charge in [-0.3, -0.25) is 95.9 Å². The van der Waals surface area contributed by atoms with Gasteiger partial charge >= 0.3 is 11.9 Å². The summed E-state index contributed by atoms with van der Waals surface area (Å²) >= 11 is 0. The molecule has 6 rings (SSSR count). The zero-order valence-corrected chi connectivity index (χ0v) is 82.7. The van der Waals surface area contributed by atoms with Gasteiger partial charge in [0.15, 0.2) is 0 Å². The van der Waals surface area contributed by atoms with Gasteiger partial charge in [0.2, 0.25) is 112 Å². The third-order valence-corrected chi connectivity index (χ3v) is 23.4. The van der Waals surface area contributed by atoms with E-state index in [1.807, 2.05) is 0 Å². The summed E-state index contributed by atoms with van der Waals surface area (Å²) in [6.07, 6.45) is -3.64. The Bertz CT molecular complexity index is 5350. The number of nitrogens with zero attached hydrogens (tertiary/aromatic N) is 1. The van der Waals surface area contributed by atoms with E-state index in [4.69, 9.17) is 5.73 Å². The van der Waals surface area contributed by atoms with Crippen LogP contribution < -0.4 is 101 Å². The predicted octanol–water partition coefficient (Wildman–Crippen LogP) is -6.09. The van der Waals surface area contributed by atoms with E-state index in [0.717, 1.165) is 4.90 Å². The molecule has 19 amide bonds. The topological polar surface area (TPSA) is 746 Å². The van der Waals surface area contributed by atoms with Gasteiger partial charge in [0.1, 0.15) is 108 Å². The molecule has 18 atom stereocenters. The molecule has 0 spiro atoms. The van der Waals surface area contributed by atoms with Crippen molar-refractivity contribution in [3.8, 4) is 11.5 Å². The molecular weight excluding hydrogens is 1910 g/mol. The van der Waals surface area contributed by atoms with Gasteiger partial charge in [0.25, 0.3) is 0 Å². The molecule has 48 heteroatoms. The summed E-state index contributed by atoms with van der Waals surface area (Å²) in [7, 11) is 0. The van der Waals surface area contributed by atoms with Gasteiger partial charge < -0.3 is 142 Å². The van der Waals surface area contributed by atoms with E-state index in [1.54, 1.807) is 105 Å². The summed E-state index contributed by atoms with van der Waals surface area (Å²) < 4.78 is 0. The zero-order valence-electron chi connectivity index (χ0n) is 82.7. The third kappa shape index (κ3) is 39.3. The number of aliphatic carboxylic acids is 2. The number of nitrogens with two attached hydrogens (primary N) is 1. The van der Waals surface area contributed by atoms with Crippen LogP contribution in [0.1, 0.15) is 130 Å². The highest BCUT2D eigenvalue weighted by Crippen LogP contribution is 2.22. The highest BCUT2D eigenvalue weighted by Gasteiger charge is 2.42. The van der Waals surface area contributed by atoms with Crippen molar-refractivity contribution in [2.75, 3.05) is 39.4 Å². The fourth-order valence-corrected chi connectivity index (χ4v) is 14.8. The number of phenolic OH excluding ortho intramolecular Hbond substituents is 2. The number of carbonyl (C=O) groups is 21. The molecule has 48 nitrogen and oxygen atoms in total. The van der Waals surface area contributed by atoms with Gasteiger partial charge in [-0.25, -0.2) is 4.79 Å². The van der Waals surface area contributed by atoms with E-state index in [-0.39, 0.29) is 62.5 Å². The van der Waals surface area contributed by atoms with Gasteiger partial charge in [0.05, 0.1) is 45.0 Å². The second kappa shape index (κ2) is 58.9. The predicted molar refractivity (Wildman–Crippen MR) is 522 cm³/mol. The quantitative estimate of drug-likeness (QED) is 0.0172. The molecular formula is C98H134N20O28. The maximum Gasteiger partial charge on any atom is 0.326 e. The number of nitrogens with one attached hydrogen (secondary N) is 18. The Morgan fingerprint density at radius 2 is 0.623 bits per heavy atom. The van der Waals surface area contributed by atoms with Crippen molar-refractivity contribution in [2.45, 2.75) is 243 Å². The number of phenols is 2. The Morgan fingerprint density at radius 1 is 0.322 bits per heavy atom. The second-order valence-electron chi connectivity index (χ2n) is 36.3. The molecule has 1 aliphatic heterocycles. The van der Waals surface area contributed by atoms with Crippen LogP contribution in [0.15, 0.2) is 140 Å². The molecule has 0 radical (unpaired) electrons. The van der Waals surface area contributed by atoms with E-state index in [0.29, 0.717) is 34.2 Å². The average Bonchev–Trinajstić information content (AvgIpc) is 1.63. The summed E-state index contributed by atoms with van der Waals surface area (Å²) in [6, 6.07) is 9.89. The summed E-state index contributed by atoms with van der Waals surface area (Å²) in [5.41, 5.74) is 8.28. The summed E-state index contributed by atoms with van der Waals surface area (Å²) in [6.45, 7) is 11.2. The minimum atomic E-state index is -1.81. The van der Waals surface area contributed by atoms with E-state index in [1.165, 1.54) is 111 Å². The average molecular weight is 2040 g/mol. The molecule has 794 valence electrons. The number of rotatable bonds is 57. The highest BCUT2D eigenvalue weighted by molar-refractivity contribution is 6.02. The molecule has 1 fully saturated rings. The number of hydrogen-bond acceptors (Lipinski definition) is 27. The van der Waals surface area contributed by atoms with Gasteiger partial charge in [0, 0.05) is 45.1 Å². The summed E-state index contributed by atoms with van der Waals surface area (Å²) in [5, 5.41) is 114. The lowest BCUT2D eigenvalue weighted by Gasteiger charge is -2.29. The Balaban J connectivity index is 1.11. The smallest absolute Gasteiger partial charge is 0.326 e. The van der Waals surface area contributed by atoms with Gasteiger partial charge in [-0.05, 0) is 124 Å². The van der Waals surface area contributed by atoms with Crippen molar-refractivity contribution in [3.05, 3.63) is 167 Å². The van der Waals surface area contributed by atoms with E-state index >= 15 is 0 Å². The Labute approximate surface area is 841 Å². The number of carboxylic acid groups (broad SMARTS) is 2. The van der Waals surface area contributed by atoms with Crippen LogP contribution in [0.3, 0.4) is 0 Å². The molecule has 0 saturated carbocycles. The fraction of sp³-hybridized carbons (Fsp3) is 0.480. The van der Waals surface area contributed by atoms with Crippen LogP contribution in [-0.4, -0.2) is 313 Å². The molecule has 5 aromatic rings. The van der Waals surface area contributed by atoms with Crippen LogP contribution in [0, 0.1) is 17.8 Å². The van der Waals surface area contributed by atoms with Crippen LogP contribution in [0.5, 0.6) is 11.5 Å². The largest absolute Gasteiger partial charge is 0.508 e. The maximum atomic E-state index is 14.9. The molecule has 1 aliphatic rings. The number of hydrogen-bond donors (Lipinski definition) is 26. The standard InChI is InChI=1S/C98H134N20O28/c1-50(2)78(99)94(141)110-68(41-59-24-17-13-18-25-59)91(138)114-71(48-119)86(133)102-47-76(126)115-79(51(3)4)95(142)112-69(44-62-31-35-64(123)36-32-62)90(137)109-66(43-61-29-33-63(122)34-30-61)88(135)106-56(10)84(131)107-65(37-38-77(127)128)87(134)108-70(42-60-26-19-14-20-27-60)92(139)117-80(52(5)6)96(143)111-67(40-58-22-15-12-16-23-58)89(136)105-54(8)83(130)103-55(9)85(132)113-72(49-120)93(140)104-53(7)82(129)101-45-74(124)100-46-75(125)116-81(57(11)121)97(144)118-39-21-28-73(118)98(145)146/h12-20,22-27,29-36,50-57,65-73,78-81,119-123H,21,28,37-49,99H2,1-11H3,(H,100,124)(H,101,129)(H,102,133)(H,103,130)(H,104,140)(H,105,136)(H,106,135)(H,107,131)(H,108,134)(H,109,137)(H,110,141)(H,111,143)(H,112,142)(H,113,132)(H,114,138)(H,115,126)(H,116,125)(H,117,139)(H,127,128)(H,145,146)/t53-,54-,55-,56-,57+,65-,66-,67-,68-,69-,70-,71-,72-,73-,78-,79-,80-,81-/m0/s1. The van der Waals surface area contributed by atoms with Gasteiger partial charge in [-0.15, -0.1) is 0 Å². The van der Waals surface area contributed by atoms with E-state index in [9.17, 15) is 136 Å². The van der Waals surface area contributed by atoms with Crippen molar-refractivity contribution in [2.24, 2.45) is 23.5 Å². The number of aliphatic hydroxyl groups is 3. The summed E-state index contributed by atoms with van der Waals surface area (Å²) in [4.78, 5) is 289. The lowest BCUT2D eigenvalue weighted by molar-refractivity contribution is -0.150. The summed E-state index contributed by atoms with van der Waals surface area (Å²) in [5.74, 6) is -23.6. The Hall–Kier alpha value is -15.6. The molecule has 0 bridgehead atoms. The minimum Gasteiger partial charge on any atom is -0.508 e. The van der Waals surface area contributed by atoms with Crippen LogP contribution in [-0.2, 0) is 133 Å². The maximum absolute atomic E-state index is 14.9. The number of likely N-dealkylation sites (tertiary alicyclic amines) is 1. The first kappa shape index (κ1) is 119. The molecule has 146 heavy (non-hydrogen) atoms. The lowest BCUT2D eigenvalue weighted by atomic mass is 9.99. The lowest BCUT2D eigenvalue weighted by Crippen LogP contribution is -2.61. The van der Waals surface area contributed by atoms with Crippen molar-refractivity contribution in [3.63, 3.8) is 0 Å². The van der Waals surface area contributed by atoms with Gasteiger partial charge in [-0.1, -0.05) is 157 Å². The first-order valence-corrected chi connectivity index (χ1v) is 47.4. The third-order valence-electron chi connectivity index (χ3n) is 23.4. The molecule has 1 saturated heterocycles. The zero-order chi connectivity index (χ0) is 108. The van der Waals surface area contributed by atoms with Crippen LogP contribution in [0.25, 0.3) is 0 Å². The number of benzene rings is 5.